The van der Waals surface area contributed by atoms with Crippen LogP contribution in [0.4, 0.5) is 4.39 Å². The summed E-state index contributed by atoms with van der Waals surface area (Å²) in [7, 11) is 0. The molecule has 5 heteroatoms. The van der Waals surface area contributed by atoms with E-state index in [1.165, 1.54) is 6.07 Å². The van der Waals surface area contributed by atoms with Crippen LogP contribution in [0, 0.1) is 5.82 Å². The lowest BCUT2D eigenvalue weighted by molar-refractivity contribution is -0.0689. The summed E-state index contributed by atoms with van der Waals surface area (Å²) in [5.41, 5.74) is 0. The van der Waals surface area contributed by atoms with Crippen molar-refractivity contribution in [3.05, 3.63) is 28.5 Å². The summed E-state index contributed by atoms with van der Waals surface area (Å²) in [6, 6.07) is 4.53. The van der Waals surface area contributed by atoms with Gasteiger partial charge in [-0.3, -0.25) is 0 Å². The van der Waals surface area contributed by atoms with Crippen molar-refractivity contribution in [1.82, 2.24) is 0 Å². The van der Waals surface area contributed by atoms with Crippen LogP contribution in [-0.2, 0) is 9.47 Å². The first-order chi connectivity index (χ1) is 7.25. The fourth-order valence-corrected chi connectivity index (χ4v) is 1.59. The highest BCUT2D eigenvalue weighted by Crippen LogP contribution is 2.22. The number of benzene rings is 1. The Morgan fingerprint density at radius 2 is 2.13 bits per heavy atom. The van der Waals surface area contributed by atoms with Crippen LogP contribution < -0.4 is 4.74 Å². The van der Waals surface area contributed by atoms with E-state index in [-0.39, 0.29) is 18.6 Å². The monoisotopic (exact) mass is 276 g/mol. The number of rotatable bonds is 3. The lowest BCUT2D eigenvalue weighted by Gasteiger charge is -2.11. The molecule has 1 aliphatic heterocycles. The second-order valence-corrected chi connectivity index (χ2v) is 3.97. The predicted molar refractivity (Wildman–Crippen MR) is 55.3 cm³/mol. The van der Waals surface area contributed by atoms with Crippen LogP contribution in [0.5, 0.6) is 5.75 Å². The van der Waals surface area contributed by atoms with Gasteiger partial charge < -0.3 is 14.2 Å². The Kier molecular flexibility index (Phi) is 3.56. The molecule has 3 nitrogen and oxygen atoms in total. The van der Waals surface area contributed by atoms with E-state index in [2.05, 4.69) is 15.9 Å². The average Bonchev–Trinajstić information content (AvgIpc) is 2.72. The fourth-order valence-electron chi connectivity index (χ4n) is 1.25. The third-order valence-electron chi connectivity index (χ3n) is 1.96. The number of halogens is 2. The Balaban J connectivity index is 1.94. The summed E-state index contributed by atoms with van der Waals surface area (Å²) < 4.78 is 29.6. The lowest BCUT2D eigenvalue weighted by atomic mass is 10.3. The van der Waals surface area contributed by atoms with Gasteiger partial charge in [-0.05, 0) is 18.2 Å². The van der Waals surface area contributed by atoms with Gasteiger partial charge in [0.1, 0.15) is 6.61 Å². The third kappa shape index (κ3) is 2.90. The van der Waals surface area contributed by atoms with Crippen LogP contribution in [0.25, 0.3) is 0 Å². The lowest BCUT2D eigenvalue weighted by Crippen LogP contribution is -2.18. The molecule has 1 aliphatic rings. The summed E-state index contributed by atoms with van der Waals surface area (Å²) >= 11 is 3.24. The molecule has 0 amide bonds. The second-order valence-electron chi connectivity index (χ2n) is 3.06. The fraction of sp³-hybridized carbons (Fsp3) is 0.400. The van der Waals surface area contributed by atoms with Gasteiger partial charge in [-0.1, -0.05) is 15.9 Å². The van der Waals surface area contributed by atoms with E-state index in [9.17, 15) is 4.39 Å². The molecule has 1 fully saturated rings. The van der Waals surface area contributed by atoms with Crippen molar-refractivity contribution in [3.63, 3.8) is 0 Å². The normalized spacial score (nSPS) is 16.9. The van der Waals surface area contributed by atoms with Gasteiger partial charge in [0.05, 0.1) is 13.2 Å². The van der Waals surface area contributed by atoms with Crippen LogP contribution >= 0.6 is 15.9 Å². The quantitative estimate of drug-likeness (QED) is 0.848. The van der Waals surface area contributed by atoms with Crippen LogP contribution in [0.15, 0.2) is 22.7 Å². The second kappa shape index (κ2) is 4.92. The number of hydrogen-bond donors (Lipinski definition) is 0. The molecule has 82 valence electrons. The highest BCUT2D eigenvalue weighted by molar-refractivity contribution is 9.10. The summed E-state index contributed by atoms with van der Waals surface area (Å²) in [5.74, 6) is -0.195. The Labute approximate surface area is 95.3 Å². The first-order valence-corrected chi connectivity index (χ1v) is 5.36. The molecule has 0 aromatic heterocycles. The van der Waals surface area contributed by atoms with E-state index in [1.54, 1.807) is 12.1 Å². The third-order valence-corrected chi connectivity index (χ3v) is 2.45. The molecular formula is C10H10BrFO3. The maximum Gasteiger partial charge on any atom is 0.191 e. The molecular weight excluding hydrogens is 267 g/mol. The van der Waals surface area contributed by atoms with E-state index >= 15 is 0 Å². The molecule has 0 spiro atoms. The van der Waals surface area contributed by atoms with E-state index in [0.717, 1.165) is 4.47 Å². The minimum absolute atomic E-state index is 0.198. The first kappa shape index (κ1) is 10.9. The highest BCUT2D eigenvalue weighted by Gasteiger charge is 2.17. The molecule has 1 aromatic carbocycles. The van der Waals surface area contributed by atoms with Crippen LogP contribution in [-0.4, -0.2) is 26.1 Å². The minimum atomic E-state index is -0.392. The summed E-state index contributed by atoms with van der Waals surface area (Å²) in [6.45, 7) is 1.33. The van der Waals surface area contributed by atoms with Gasteiger partial charge in [0.25, 0.3) is 0 Å². The first-order valence-electron chi connectivity index (χ1n) is 4.57. The maximum atomic E-state index is 13.2. The van der Waals surface area contributed by atoms with Crippen molar-refractivity contribution in [2.45, 2.75) is 6.29 Å². The molecule has 1 heterocycles. The zero-order chi connectivity index (χ0) is 10.7. The van der Waals surface area contributed by atoms with Gasteiger partial charge in [0.15, 0.2) is 17.9 Å². The molecule has 1 saturated heterocycles. The molecule has 0 bridgehead atoms. The number of hydrogen-bond acceptors (Lipinski definition) is 3. The summed E-state index contributed by atoms with van der Waals surface area (Å²) in [4.78, 5) is 0. The van der Waals surface area contributed by atoms with Crippen molar-refractivity contribution in [3.8, 4) is 5.75 Å². The molecule has 2 rings (SSSR count). The maximum absolute atomic E-state index is 13.2. The summed E-state index contributed by atoms with van der Waals surface area (Å²) in [5, 5.41) is 0. The van der Waals surface area contributed by atoms with Gasteiger partial charge in [-0.2, -0.15) is 0 Å². The van der Waals surface area contributed by atoms with Crippen molar-refractivity contribution in [1.29, 1.82) is 0 Å². The Morgan fingerprint density at radius 1 is 1.40 bits per heavy atom. The topological polar surface area (TPSA) is 27.7 Å². The van der Waals surface area contributed by atoms with Gasteiger partial charge in [-0.15, -0.1) is 0 Å². The largest absolute Gasteiger partial charge is 0.485 e. The molecule has 0 aliphatic carbocycles. The standard InChI is InChI=1S/C10H10BrFO3/c11-7-1-2-8(12)9(5-7)15-6-10-13-3-4-14-10/h1-2,5,10H,3-4,6H2. The zero-order valence-electron chi connectivity index (χ0n) is 7.91. The summed E-state index contributed by atoms with van der Waals surface area (Å²) in [6.07, 6.45) is -0.386. The Hall–Kier alpha value is -0.650. The molecule has 0 radical (unpaired) electrons. The van der Waals surface area contributed by atoms with Gasteiger partial charge in [0, 0.05) is 4.47 Å². The molecule has 0 unspecified atom stereocenters. The SMILES string of the molecule is Fc1ccc(Br)cc1OCC1OCCO1. The van der Waals surface area contributed by atoms with Crippen molar-refractivity contribution < 1.29 is 18.6 Å². The Morgan fingerprint density at radius 3 is 2.87 bits per heavy atom. The zero-order valence-corrected chi connectivity index (χ0v) is 9.50. The Bertz CT molecular complexity index is 339. The van der Waals surface area contributed by atoms with Crippen molar-refractivity contribution in [2.24, 2.45) is 0 Å². The van der Waals surface area contributed by atoms with E-state index in [1.807, 2.05) is 0 Å². The average molecular weight is 277 g/mol. The highest BCUT2D eigenvalue weighted by atomic mass is 79.9. The van der Waals surface area contributed by atoms with E-state index < -0.39 is 5.82 Å². The minimum Gasteiger partial charge on any atom is -0.485 e. The van der Waals surface area contributed by atoms with Gasteiger partial charge >= 0.3 is 0 Å². The molecule has 15 heavy (non-hydrogen) atoms. The van der Waals surface area contributed by atoms with E-state index in [0.29, 0.717) is 13.2 Å². The van der Waals surface area contributed by atoms with E-state index in [4.69, 9.17) is 14.2 Å². The smallest absolute Gasteiger partial charge is 0.191 e. The van der Waals surface area contributed by atoms with Gasteiger partial charge in [-0.25, -0.2) is 4.39 Å². The molecule has 0 N–H and O–H groups in total. The molecule has 1 aromatic rings. The van der Waals surface area contributed by atoms with Crippen LogP contribution in [0.1, 0.15) is 0 Å². The van der Waals surface area contributed by atoms with Crippen molar-refractivity contribution in [2.75, 3.05) is 19.8 Å². The van der Waals surface area contributed by atoms with Crippen LogP contribution in [0.3, 0.4) is 0 Å². The predicted octanol–water partition coefficient (Wildman–Crippen LogP) is 2.34. The van der Waals surface area contributed by atoms with Gasteiger partial charge in [0.2, 0.25) is 0 Å². The van der Waals surface area contributed by atoms with Crippen LogP contribution in [0.2, 0.25) is 0 Å². The van der Waals surface area contributed by atoms with Crippen molar-refractivity contribution >= 4 is 15.9 Å². The molecule has 0 saturated carbocycles. The number of ether oxygens (including phenoxy) is 3. The molecule has 0 atom stereocenters.